The maximum Gasteiger partial charge on any atom is 0.326 e. The number of likely N-dealkylation sites (tertiary alicyclic amines) is 1. The number of carboxylic acid groups (broad SMARTS) is 1. The van der Waals surface area contributed by atoms with Crippen molar-refractivity contribution in [1.82, 2.24) is 10.2 Å². The quantitative estimate of drug-likeness (QED) is 0.690. The molecule has 0 aromatic carbocycles. The van der Waals surface area contributed by atoms with Crippen LogP contribution in [0.25, 0.3) is 0 Å². The lowest BCUT2D eigenvalue weighted by Gasteiger charge is -2.23. The van der Waals surface area contributed by atoms with E-state index in [4.69, 9.17) is 5.11 Å². The molecule has 2 atom stereocenters. The van der Waals surface area contributed by atoms with Crippen molar-refractivity contribution in [2.24, 2.45) is 17.8 Å². The molecule has 1 aliphatic heterocycles. The molecule has 0 bridgehead atoms. The van der Waals surface area contributed by atoms with Crippen LogP contribution < -0.4 is 5.32 Å². The third-order valence-corrected chi connectivity index (χ3v) is 4.77. The fourth-order valence-corrected chi connectivity index (χ4v) is 3.35. The summed E-state index contributed by atoms with van der Waals surface area (Å²) in [6.07, 6.45) is 4.44. The van der Waals surface area contributed by atoms with E-state index >= 15 is 0 Å². The van der Waals surface area contributed by atoms with E-state index in [0.29, 0.717) is 12.5 Å². The van der Waals surface area contributed by atoms with Crippen LogP contribution in [0.4, 0.5) is 4.79 Å². The lowest BCUT2D eigenvalue weighted by atomic mass is 9.98. The molecule has 20 heavy (non-hydrogen) atoms. The van der Waals surface area contributed by atoms with Gasteiger partial charge in [0.1, 0.15) is 6.04 Å². The fourth-order valence-electron chi connectivity index (χ4n) is 3.35. The predicted octanol–water partition coefficient (Wildman–Crippen LogP) is 0.652. The number of amides is 2. The average Bonchev–Trinajstić information content (AvgIpc) is 3.29. The van der Waals surface area contributed by atoms with Gasteiger partial charge in [-0.15, -0.1) is 0 Å². The molecule has 112 valence electrons. The monoisotopic (exact) mass is 282 g/mol. The first-order valence-corrected chi connectivity index (χ1v) is 7.51. The summed E-state index contributed by atoms with van der Waals surface area (Å²) in [4.78, 5) is 24.5. The molecule has 3 aliphatic rings. The van der Waals surface area contributed by atoms with Crippen LogP contribution in [0.2, 0.25) is 0 Å². The van der Waals surface area contributed by atoms with Gasteiger partial charge in [0.15, 0.2) is 0 Å². The van der Waals surface area contributed by atoms with Crippen molar-refractivity contribution >= 4 is 12.0 Å². The van der Waals surface area contributed by atoms with Gasteiger partial charge < -0.3 is 20.4 Å². The number of carboxylic acids is 1. The largest absolute Gasteiger partial charge is 0.480 e. The van der Waals surface area contributed by atoms with Gasteiger partial charge in [-0.05, 0) is 43.4 Å². The van der Waals surface area contributed by atoms with E-state index in [0.717, 1.165) is 11.8 Å². The van der Waals surface area contributed by atoms with Crippen molar-refractivity contribution < 1.29 is 19.8 Å². The minimum Gasteiger partial charge on any atom is -0.480 e. The highest BCUT2D eigenvalue weighted by Gasteiger charge is 2.43. The minimum absolute atomic E-state index is 0.111. The van der Waals surface area contributed by atoms with E-state index in [1.807, 2.05) is 0 Å². The maximum absolute atomic E-state index is 12.1. The number of nitrogens with one attached hydrogen (secondary N) is 1. The van der Waals surface area contributed by atoms with Gasteiger partial charge in [0.2, 0.25) is 0 Å². The fraction of sp³-hybridized carbons (Fsp3) is 0.857. The molecule has 6 heteroatoms. The summed E-state index contributed by atoms with van der Waals surface area (Å²) in [7, 11) is 0. The van der Waals surface area contributed by atoms with E-state index in [1.165, 1.54) is 30.6 Å². The standard InChI is InChI=1S/C14H22N2O4/c17-10-5-12(13(18)19)16(7-10)14(20)15-6-11(8-1-2-8)9-3-4-9/h8-12,17H,1-7H2,(H,15,20)(H,18,19)/t10?,12-/m0/s1. The number of rotatable bonds is 5. The molecule has 0 radical (unpaired) electrons. The van der Waals surface area contributed by atoms with E-state index in [-0.39, 0.29) is 19.0 Å². The third kappa shape index (κ3) is 2.90. The molecule has 2 aliphatic carbocycles. The number of aliphatic carboxylic acids is 1. The van der Waals surface area contributed by atoms with E-state index < -0.39 is 18.1 Å². The Kier molecular flexibility index (Phi) is 3.58. The summed E-state index contributed by atoms with van der Waals surface area (Å²) in [5.41, 5.74) is 0. The second-order valence-electron chi connectivity index (χ2n) is 6.42. The van der Waals surface area contributed by atoms with Gasteiger partial charge in [-0.2, -0.15) is 0 Å². The number of nitrogens with zero attached hydrogens (tertiary/aromatic N) is 1. The number of aliphatic hydroxyl groups excluding tert-OH is 1. The molecule has 0 aromatic heterocycles. The maximum atomic E-state index is 12.1. The first-order chi connectivity index (χ1) is 9.56. The predicted molar refractivity (Wildman–Crippen MR) is 71.1 cm³/mol. The topological polar surface area (TPSA) is 89.9 Å². The van der Waals surface area contributed by atoms with Gasteiger partial charge in [-0.3, -0.25) is 0 Å². The Morgan fingerprint density at radius 3 is 2.30 bits per heavy atom. The SMILES string of the molecule is O=C(O)[C@@H]1CC(O)CN1C(=O)NCC(C1CC1)C1CC1. The molecule has 3 fully saturated rings. The van der Waals surface area contributed by atoms with Crippen LogP contribution in [-0.2, 0) is 4.79 Å². The van der Waals surface area contributed by atoms with Crippen LogP contribution in [0.5, 0.6) is 0 Å². The van der Waals surface area contributed by atoms with Crippen LogP contribution in [0.1, 0.15) is 32.1 Å². The van der Waals surface area contributed by atoms with Crippen molar-refractivity contribution in [1.29, 1.82) is 0 Å². The minimum atomic E-state index is -1.04. The van der Waals surface area contributed by atoms with Crippen molar-refractivity contribution in [2.75, 3.05) is 13.1 Å². The zero-order valence-electron chi connectivity index (χ0n) is 11.5. The van der Waals surface area contributed by atoms with Crippen LogP contribution in [0.3, 0.4) is 0 Å². The van der Waals surface area contributed by atoms with Crippen molar-refractivity contribution in [3.63, 3.8) is 0 Å². The Labute approximate surface area is 118 Å². The highest BCUT2D eigenvalue weighted by Crippen LogP contribution is 2.48. The van der Waals surface area contributed by atoms with Gasteiger partial charge in [-0.25, -0.2) is 9.59 Å². The highest BCUT2D eigenvalue weighted by atomic mass is 16.4. The van der Waals surface area contributed by atoms with Crippen molar-refractivity contribution in [2.45, 2.75) is 44.2 Å². The Bertz CT molecular complexity index is 394. The van der Waals surface area contributed by atoms with E-state index in [2.05, 4.69) is 5.32 Å². The van der Waals surface area contributed by atoms with E-state index in [1.54, 1.807) is 0 Å². The van der Waals surface area contributed by atoms with Gasteiger partial charge in [0.05, 0.1) is 6.10 Å². The first kappa shape index (κ1) is 13.7. The number of aliphatic hydroxyl groups is 1. The number of carbonyl (C=O) groups is 2. The number of β-amino-alcohol motifs (C(OH)–C–C–N with tert-alkyl or cyclic N) is 1. The zero-order chi connectivity index (χ0) is 14.3. The second kappa shape index (κ2) is 5.24. The molecule has 3 N–H and O–H groups in total. The first-order valence-electron chi connectivity index (χ1n) is 7.51. The Balaban J connectivity index is 1.53. The summed E-state index contributed by atoms with van der Waals surface area (Å²) in [5, 5.41) is 21.5. The van der Waals surface area contributed by atoms with Gasteiger partial charge in [0, 0.05) is 19.5 Å². The summed E-state index contributed by atoms with van der Waals surface area (Å²) in [5.74, 6) is 1.02. The zero-order valence-corrected chi connectivity index (χ0v) is 11.5. The lowest BCUT2D eigenvalue weighted by molar-refractivity contribution is -0.141. The average molecular weight is 282 g/mol. The van der Waals surface area contributed by atoms with Crippen molar-refractivity contribution in [3.8, 4) is 0 Å². The van der Waals surface area contributed by atoms with E-state index in [9.17, 15) is 14.7 Å². The molecular formula is C14H22N2O4. The molecule has 1 saturated heterocycles. The normalized spacial score (nSPS) is 29.8. The number of hydrogen-bond acceptors (Lipinski definition) is 3. The third-order valence-electron chi connectivity index (χ3n) is 4.77. The summed E-state index contributed by atoms with van der Waals surface area (Å²) in [6, 6.07) is -1.24. The number of hydrogen-bond donors (Lipinski definition) is 3. The summed E-state index contributed by atoms with van der Waals surface area (Å²) >= 11 is 0. The number of carbonyl (C=O) groups excluding carboxylic acids is 1. The van der Waals surface area contributed by atoms with Crippen LogP contribution in [0.15, 0.2) is 0 Å². The molecule has 2 amide bonds. The van der Waals surface area contributed by atoms with Crippen molar-refractivity contribution in [3.05, 3.63) is 0 Å². The summed E-state index contributed by atoms with van der Waals surface area (Å²) in [6.45, 7) is 0.757. The lowest BCUT2D eigenvalue weighted by Crippen LogP contribution is -2.47. The number of urea groups is 1. The smallest absolute Gasteiger partial charge is 0.326 e. The van der Waals surface area contributed by atoms with Crippen LogP contribution in [-0.4, -0.2) is 52.3 Å². The molecule has 1 unspecified atom stereocenters. The Morgan fingerprint density at radius 2 is 1.80 bits per heavy atom. The molecule has 3 rings (SSSR count). The van der Waals surface area contributed by atoms with Gasteiger partial charge in [-0.1, -0.05) is 0 Å². The van der Waals surface area contributed by atoms with Gasteiger partial charge in [0.25, 0.3) is 0 Å². The van der Waals surface area contributed by atoms with Crippen LogP contribution >= 0.6 is 0 Å². The molecule has 1 heterocycles. The second-order valence-corrected chi connectivity index (χ2v) is 6.42. The van der Waals surface area contributed by atoms with Gasteiger partial charge >= 0.3 is 12.0 Å². The van der Waals surface area contributed by atoms with Crippen LogP contribution in [0, 0.1) is 17.8 Å². The molecule has 0 spiro atoms. The Hall–Kier alpha value is -1.30. The molecule has 0 aromatic rings. The molecule has 6 nitrogen and oxygen atoms in total. The highest BCUT2D eigenvalue weighted by molar-refractivity contribution is 5.83. The molecule has 2 saturated carbocycles. The Morgan fingerprint density at radius 1 is 1.20 bits per heavy atom. The molecular weight excluding hydrogens is 260 g/mol. The summed E-state index contributed by atoms with van der Waals surface area (Å²) < 4.78 is 0.